The lowest BCUT2D eigenvalue weighted by Gasteiger charge is -2.21. The van der Waals surface area contributed by atoms with Gasteiger partial charge in [-0.15, -0.1) is 12.4 Å². The minimum absolute atomic E-state index is 0. The summed E-state index contributed by atoms with van der Waals surface area (Å²) in [5.74, 6) is 0. The van der Waals surface area contributed by atoms with E-state index in [0.717, 1.165) is 24.0 Å². The lowest BCUT2D eigenvalue weighted by Crippen LogP contribution is -2.21. The summed E-state index contributed by atoms with van der Waals surface area (Å²) in [5, 5.41) is 10.0. The van der Waals surface area contributed by atoms with Crippen LogP contribution in [0, 0.1) is 0 Å². The Labute approximate surface area is 126 Å². The molecule has 0 radical (unpaired) electrons. The zero-order chi connectivity index (χ0) is 13.7. The third-order valence-electron chi connectivity index (χ3n) is 3.60. The molecule has 0 aromatic carbocycles. The number of halogens is 1. The molecule has 2 aromatic rings. The van der Waals surface area contributed by atoms with Crippen LogP contribution >= 0.6 is 12.4 Å². The molecule has 0 aliphatic carbocycles. The van der Waals surface area contributed by atoms with Crippen molar-refractivity contribution in [2.75, 3.05) is 0 Å². The van der Waals surface area contributed by atoms with Crippen molar-refractivity contribution >= 4 is 23.6 Å². The zero-order valence-electron chi connectivity index (χ0n) is 12.2. The molecule has 2 heterocycles. The Morgan fingerprint density at radius 3 is 2.75 bits per heavy atom. The van der Waals surface area contributed by atoms with E-state index >= 15 is 0 Å². The van der Waals surface area contributed by atoms with E-state index in [1.807, 2.05) is 23.6 Å². The summed E-state index contributed by atoms with van der Waals surface area (Å²) in [6.07, 6.45) is 9.01. The first-order chi connectivity index (χ1) is 9.24. The number of aliphatic hydroxyl groups excluding tert-OH is 1. The van der Waals surface area contributed by atoms with Crippen molar-refractivity contribution in [3.8, 4) is 0 Å². The highest BCUT2D eigenvalue weighted by Gasteiger charge is 2.19. The smallest absolute Gasteiger partial charge is 0.160 e. The Morgan fingerprint density at radius 1 is 1.25 bits per heavy atom. The molecule has 5 heteroatoms. The molecule has 2 atom stereocenters. The fourth-order valence-corrected chi connectivity index (χ4v) is 2.50. The Hall–Kier alpha value is -1.13. The molecule has 0 bridgehead atoms. The lowest BCUT2D eigenvalue weighted by molar-refractivity contribution is 0.124. The van der Waals surface area contributed by atoms with Crippen molar-refractivity contribution in [2.45, 2.75) is 58.1 Å². The SMILES string of the molecule is CCCCCCC(C(C)O)n1cnc2cccnc21.Cl. The molecule has 0 saturated heterocycles. The van der Waals surface area contributed by atoms with Gasteiger partial charge in [-0.05, 0) is 25.5 Å². The third kappa shape index (κ3) is 3.93. The number of imidazole rings is 1. The number of aromatic nitrogens is 3. The third-order valence-corrected chi connectivity index (χ3v) is 3.60. The van der Waals surface area contributed by atoms with Crippen molar-refractivity contribution in [1.82, 2.24) is 14.5 Å². The quantitative estimate of drug-likeness (QED) is 0.792. The van der Waals surface area contributed by atoms with Gasteiger partial charge in [0.15, 0.2) is 5.65 Å². The maximum Gasteiger partial charge on any atom is 0.160 e. The standard InChI is InChI=1S/C15H23N3O.ClH/c1-3-4-5-6-9-14(12(2)19)18-11-17-13-8-7-10-16-15(13)18;/h7-8,10-12,14,19H,3-6,9H2,1-2H3;1H. The van der Waals surface area contributed by atoms with Crippen molar-refractivity contribution < 1.29 is 5.11 Å². The normalized spacial score (nSPS) is 13.9. The number of nitrogens with zero attached hydrogens (tertiary/aromatic N) is 3. The van der Waals surface area contributed by atoms with E-state index in [2.05, 4.69) is 16.9 Å². The Kier molecular flexibility index (Phi) is 6.96. The molecule has 0 fully saturated rings. The summed E-state index contributed by atoms with van der Waals surface area (Å²) < 4.78 is 2.02. The molecule has 0 saturated carbocycles. The van der Waals surface area contributed by atoms with Crippen LogP contribution in [-0.4, -0.2) is 25.7 Å². The molecule has 0 amide bonds. The van der Waals surface area contributed by atoms with E-state index in [1.165, 1.54) is 19.3 Å². The van der Waals surface area contributed by atoms with Gasteiger partial charge in [-0.25, -0.2) is 9.97 Å². The fourth-order valence-electron chi connectivity index (χ4n) is 2.50. The first-order valence-electron chi connectivity index (χ1n) is 7.19. The van der Waals surface area contributed by atoms with Gasteiger partial charge < -0.3 is 9.67 Å². The lowest BCUT2D eigenvalue weighted by atomic mass is 10.0. The Bertz CT molecular complexity index is 513. The molecule has 0 aliphatic heterocycles. The highest BCUT2D eigenvalue weighted by Crippen LogP contribution is 2.24. The zero-order valence-corrected chi connectivity index (χ0v) is 13.0. The fraction of sp³-hybridized carbons (Fsp3) is 0.600. The molecule has 4 nitrogen and oxygen atoms in total. The van der Waals surface area contributed by atoms with Gasteiger partial charge in [0.2, 0.25) is 0 Å². The number of pyridine rings is 1. The number of hydrogen-bond donors (Lipinski definition) is 1. The van der Waals surface area contributed by atoms with E-state index in [1.54, 1.807) is 12.5 Å². The molecular weight excluding hydrogens is 274 g/mol. The molecule has 112 valence electrons. The molecule has 2 unspecified atom stereocenters. The molecule has 0 spiro atoms. The summed E-state index contributed by atoms with van der Waals surface area (Å²) in [5.41, 5.74) is 1.76. The Balaban J connectivity index is 0.00000200. The number of unbranched alkanes of at least 4 members (excludes halogenated alkanes) is 3. The van der Waals surface area contributed by atoms with Crippen molar-refractivity contribution in [2.24, 2.45) is 0 Å². The topological polar surface area (TPSA) is 50.9 Å². The number of rotatable bonds is 7. The second-order valence-electron chi connectivity index (χ2n) is 5.16. The van der Waals surface area contributed by atoms with Crippen LogP contribution in [0.15, 0.2) is 24.7 Å². The summed E-state index contributed by atoms with van der Waals surface area (Å²) in [6.45, 7) is 4.05. The van der Waals surface area contributed by atoms with Gasteiger partial charge in [-0.2, -0.15) is 0 Å². The predicted octanol–water partition coefficient (Wildman–Crippen LogP) is 3.75. The van der Waals surface area contributed by atoms with E-state index in [4.69, 9.17) is 0 Å². The summed E-state index contributed by atoms with van der Waals surface area (Å²) in [6, 6.07) is 3.91. The highest BCUT2D eigenvalue weighted by atomic mass is 35.5. The number of fused-ring (bicyclic) bond motifs is 1. The van der Waals surface area contributed by atoms with Crippen LogP contribution in [0.2, 0.25) is 0 Å². The molecule has 2 rings (SSSR count). The molecule has 2 aromatic heterocycles. The van der Waals surface area contributed by atoms with Crippen molar-refractivity contribution in [1.29, 1.82) is 0 Å². The molecule has 0 aliphatic rings. The average molecular weight is 298 g/mol. The predicted molar refractivity (Wildman–Crippen MR) is 84.3 cm³/mol. The van der Waals surface area contributed by atoms with Crippen LogP contribution < -0.4 is 0 Å². The monoisotopic (exact) mass is 297 g/mol. The van der Waals surface area contributed by atoms with Crippen LogP contribution in [0.4, 0.5) is 0 Å². The highest BCUT2D eigenvalue weighted by molar-refractivity contribution is 5.85. The van der Waals surface area contributed by atoms with E-state index in [9.17, 15) is 5.11 Å². The van der Waals surface area contributed by atoms with Gasteiger partial charge in [0.05, 0.1) is 18.5 Å². The van der Waals surface area contributed by atoms with Crippen LogP contribution in [0.1, 0.15) is 52.0 Å². The van der Waals surface area contributed by atoms with Crippen LogP contribution in [-0.2, 0) is 0 Å². The van der Waals surface area contributed by atoms with Crippen LogP contribution in [0.5, 0.6) is 0 Å². The maximum atomic E-state index is 10.0. The second kappa shape index (κ2) is 8.22. The van der Waals surface area contributed by atoms with Gasteiger partial charge in [-0.3, -0.25) is 0 Å². The van der Waals surface area contributed by atoms with E-state index in [0.29, 0.717) is 0 Å². The minimum Gasteiger partial charge on any atom is -0.391 e. The second-order valence-corrected chi connectivity index (χ2v) is 5.16. The van der Waals surface area contributed by atoms with E-state index < -0.39 is 0 Å². The molecular formula is C15H24ClN3O. The average Bonchev–Trinajstić information content (AvgIpc) is 2.82. The summed E-state index contributed by atoms with van der Waals surface area (Å²) in [4.78, 5) is 8.73. The molecule has 1 N–H and O–H groups in total. The first-order valence-corrected chi connectivity index (χ1v) is 7.19. The molecule has 20 heavy (non-hydrogen) atoms. The summed E-state index contributed by atoms with van der Waals surface area (Å²) in [7, 11) is 0. The van der Waals surface area contributed by atoms with E-state index in [-0.39, 0.29) is 24.6 Å². The first kappa shape index (κ1) is 16.9. The van der Waals surface area contributed by atoms with Crippen LogP contribution in [0.25, 0.3) is 11.2 Å². The number of hydrogen-bond acceptors (Lipinski definition) is 3. The number of aliphatic hydroxyl groups is 1. The summed E-state index contributed by atoms with van der Waals surface area (Å²) >= 11 is 0. The maximum absolute atomic E-state index is 10.0. The van der Waals surface area contributed by atoms with Crippen molar-refractivity contribution in [3.05, 3.63) is 24.7 Å². The van der Waals surface area contributed by atoms with Gasteiger partial charge in [0.1, 0.15) is 5.52 Å². The largest absolute Gasteiger partial charge is 0.391 e. The Morgan fingerprint density at radius 2 is 2.05 bits per heavy atom. The van der Waals surface area contributed by atoms with Crippen LogP contribution in [0.3, 0.4) is 0 Å². The van der Waals surface area contributed by atoms with Gasteiger partial charge in [0.25, 0.3) is 0 Å². The van der Waals surface area contributed by atoms with Gasteiger partial charge in [-0.1, -0.05) is 32.6 Å². The van der Waals surface area contributed by atoms with Gasteiger partial charge >= 0.3 is 0 Å². The minimum atomic E-state index is -0.388. The van der Waals surface area contributed by atoms with Crippen molar-refractivity contribution in [3.63, 3.8) is 0 Å². The van der Waals surface area contributed by atoms with Gasteiger partial charge in [0, 0.05) is 6.20 Å².